The van der Waals surface area contributed by atoms with E-state index in [2.05, 4.69) is 5.32 Å². The molecule has 1 aliphatic heterocycles. The predicted molar refractivity (Wildman–Crippen MR) is 101 cm³/mol. The van der Waals surface area contributed by atoms with Crippen molar-refractivity contribution in [1.29, 1.82) is 0 Å². The minimum atomic E-state index is -0.327. The molecule has 0 fully saturated rings. The first-order valence-corrected chi connectivity index (χ1v) is 8.52. The summed E-state index contributed by atoms with van der Waals surface area (Å²) < 4.78 is 5.04. The van der Waals surface area contributed by atoms with Crippen molar-refractivity contribution in [2.45, 2.75) is 13.8 Å². The van der Waals surface area contributed by atoms with Gasteiger partial charge in [0, 0.05) is 12.8 Å². The third-order valence-corrected chi connectivity index (χ3v) is 4.61. The Morgan fingerprint density at radius 3 is 2.38 bits per heavy atom. The van der Waals surface area contributed by atoms with Gasteiger partial charge >= 0.3 is 0 Å². The molecular formula is C21H22N2O3. The van der Waals surface area contributed by atoms with Crippen molar-refractivity contribution in [1.82, 2.24) is 4.90 Å². The molecule has 5 heteroatoms. The fraction of sp³-hybridized carbons (Fsp3) is 0.238. The Kier molecular flexibility index (Phi) is 5.19. The Labute approximate surface area is 153 Å². The number of methoxy groups -OCH3 is 1. The van der Waals surface area contributed by atoms with Crippen LogP contribution in [0, 0.1) is 13.8 Å². The Morgan fingerprint density at radius 2 is 1.69 bits per heavy atom. The molecule has 134 valence electrons. The van der Waals surface area contributed by atoms with E-state index in [0.29, 0.717) is 17.9 Å². The number of carbonyl (C=O) groups is 2. The van der Waals surface area contributed by atoms with Crippen LogP contribution in [0.4, 0.5) is 5.69 Å². The molecule has 0 saturated carbocycles. The number of imide groups is 1. The molecule has 2 aromatic rings. The summed E-state index contributed by atoms with van der Waals surface area (Å²) in [5.74, 6) is -0.627. The second-order valence-corrected chi connectivity index (χ2v) is 6.24. The average molecular weight is 350 g/mol. The molecule has 1 heterocycles. The van der Waals surface area contributed by atoms with Crippen molar-refractivity contribution in [3.05, 3.63) is 70.9 Å². The van der Waals surface area contributed by atoms with Crippen LogP contribution >= 0.6 is 0 Å². The normalized spacial score (nSPS) is 14.3. The van der Waals surface area contributed by atoms with Gasteiger partial charge in [-0.3, -0.25) is 14.5 Å². The van der Waals surface area contributed by atoms with Crippen LogP contribution < -0.4 is 5.32 Å². The number of aryl methyl sites for hydroxylation is 1. The maximum absolute atomic E-state index is 12.9. The molecule has 3 rings (SSSR count). The molecule has 0 unspecified atom stereocenters. The minimum Gasteiger partial charge on any atom is -0.383 e. The highest BCUT2D eigenvalue weighted by Crippen LogP contribution is 2.31. The van der Waals surface area contributed by atoms with E-state index in [0.717, 1.165) is 22.4 Å². The Bertz CT molecular complexity index is 872. The monoisotopic (exact) mass is 350 g/mol. The molecule has 0 spiro atoms. The lowest BCUT2D eigenvalue weighted by molar-refractivity contribution is -0.137. The molecule has 0 bridgehead atoms. The first-order valence-electron chi connectivity index (χ1n) is 8.52. The minimum absolute atomic E-state index is 0.225. The molecule has 5 nitrogen and oxygen atoms in total. The maximum Gasteiger partial charge on any atom is 0.278 e. The largest absolute Gasteiger partial charge is 0.383 e. The summed E-state index contributed by atoms with van der Waals surface area (Å²) in [4.78, 5) is 27.1. The van der Waals surface area contributed by atoms with E-state index in [1.54, 1.807) is 7.11 Å². The van der Waals surface area contributed by atoms with Gasteiger partial charge in [-0.25, -0.2) is 0 Å². The van der Waals surface area contributed by atoms with E-state index in [9.17, 15) is 9.59 Å². The van der Waals surface area contributed by atoms with Gasteiger partial charge in [-0.15, -0.1) is 0 Å². The lowest BCUT2D eigenvalue weighted by Crippen LogP contribution is -2.35. The van der Waals surface area contributed by atoms with E-state index in [4.69, 9.17) is 4.74 Å². The second kappa shape index (κ2) is 7.54. The fourth-order valence-electron chi connectivity index (χ4n) is 2.97. The van der Waals surface area contributed by atoms with Gasteiger partial charge in [-0.1, -0.05) is 42.5 Å². The molecule has 0 aliphatic carbocycles. The maximum atomic E-state index is 12.9. The molecule has 0 saturated heterocycles. The number of amides is 2. The van der Waals surface area contributed by atoms with Gasteiger partial charge in [0.05, 0.1) is 18.7 Å². The smallest absolute Gasteiger partial charge is 0.278 e. The molecule has 2 amide bonds. The SMILES string of the molecule is COCCN1C(=O)C(Nc2cccc(C)c2C)=C(c2ccccc2)C1=O. The van der Waals surface area contributed by atoms with E-state index in [1.165, 1.54) is 4.90 Å². The van der Waals surface area contributed by atoms with Crippen LogP contribution in [-0.2, 0) is 14.3 Å². The molecule has 1 aliphatic rings. The molecule has 1 N–H and O–H groups in total. The van der Waals surface area contributed by atoms with Crippen molar-refractivity contribution >= 4 is 23.1 Å². The van der Waals surface area contributed by atoms with Crippen LogP contribution in [0.2, 0.25) is 0 Å². The number of rotatable bonds is 6. The lowest BCUT2D eigenvalue weighted by atomic mass is 10.0. The van der Waals surface area contributed by atoms with E-state index >= 15 is 0 Å². The van der Waals surface area contributed by atoms with E-state index in [1.807, 2.05) is 62.4 Å². The summed E-state index contributed by atoms with van der Waals surface area (Å²) in [6, 6.07) is 15.1. The van der Waals surface area contributed by atoms with Crippen LogP contribution in [0.25, 0.3) is 5.57 Å². The molecule has 0 aromatic heterocycles. The molecular weight excluding hydrogens is 328 g/mol. The van der Waals surface area contributed by atoms with Crippen molar-refractivity contribution in [2.24, 2.45) is 0 Å². The third kappa shape index (κ3) is 3.26. The first kappa shape index (κ1) is 17.9. The van der Waals surface area contributed by atoms with Crippen molar-refractivity contribution in [3.8, 4) is 0 Å². The summed E-state index contributed by atoms with van der Waals surface area (Å²) in [7, 11) is 1.55. The molecule has 0 atom stereocenters. The number of nitrogens with one attached hydrogen (secondary N) is 1. The summed E-state index contributed by atoms with van der Waals surface area (Å²) in [6.07, 6.45) is 0. The summed E-state index contributed by atoms with van der Waals surface area (Å²) in [5, 5.41) is 3.21. The number of hydrogen-bond donors (Lipinski definition) is 1. The van der Waals surface area contributed by atoms with Crippen LogP contribution in [0.3, 0.4) is 0 Å². The fourth-order valence-corrected chi connectivity index (χ4v) is 2.97. The molecule has 26 heavy (non-hydrogen) atoms. The molecule has 2 aromatic carbocycles. The summed E-state index contributed by atoms with van der Waals surface area (Å²) >= 11 is 0. The van der Waals surface area contributed by atoms with Gasteiger partial charge in [-0.2, -0.15) is 0 Å². The Morgan fingerprint density at radius 1 is 0.962 bits per heavy atom. The van der Waals surface area contributed by atoms with Gasteiger partial charge in [0.25, 0.3) is 11.8 Å². The highest BCUT2D eigenvalue weighted by Gasteiger charge is 2.39. The number of benzene rings is 2. The van der Waals surface area contributed by atoms with Crippen molar-refractivity contribution in [3.63, 3.8) is 0 Å². The highest BCUT2D eigenvalue weighted by molar-refractivity contribution is 6.36. The first-order chi connectivity index (χ1) is 12.5. The zero-order valence-electron chi connectivity index (χ0n) is 15.2. The number of anilines is 1. The highest BCUT2D eigenvalue weighted by atomic mass is 16.5. The van der Waals surface area contributed by atoms with Gasteiger partial charge < -0.3 is 10.1 Å². The van der Waals surface area contributed by atoms with Crippen molar-refractivity contribution in [2.75, 3.05) is 25.6 Å². The zero-order chi connectivity index (χ0) is 18.7. The second-order valence-electron chi connectivity index (χ2n) is 6.24. The van der Waals surface area contributed by atoms with Crippen LogP contribution in [0.15, 0.2) is 54.2 Å². The van der Waals surface area contributed by atoms with E-state index < -0.39 is 0 Å². The van der Waals surface area contributed by atoms with Crippen LogP contribution in [0.5, 0.6) is 0 Å². The standard InChI is InChI=1S/C21H22N2O3/c1-14-8-7-11-17(15(14)2)22-19-18(16-9-5-4-6-10-16)20(24)23(21(19)25)12-13-26-3/h4-11,22H,12-13H2,1-3H3. The topological polar surface area (TPSA) is 58.6 Å². The number of carbonyl (C=O) groups excluding carboxylic acids is 2. The number of hydrogen-bond acceptors (Lipinski definition) is 4. The number of nitrogens with zero attached hydrogens (tertiary/aromatic N) is 1. The van der Waals surface area contributed by atoms with E-state index in [-0.39, 0.29) is 18.4 Å². The number of ether oxygens (including phenoxy) is 1. The lowest BCUT2D eigenvalue weighted by Gasteiger charge is -2.15. The Balaban J connectivity index is 2.06. The van der Waals surface area contributed by atoms with Crippen LogP contribution in [0.1, 0.15) is 16.7 Å². The quantitative estimate of drug-likeness (QED) is 0.813. The van der Waals surface area contributed by atoms with Crippen molar-refractivity contribution < 1.29 is 14.3 Å². The third-order valence-electron chi connectivity index (χ3n) is 4.61. The summed E-state index contributed by atoms with van der Waals surface area (Å²) in [5.41, 5.74) is 4.41. The van der Waals surface area contributed by atoms with Crippen LogP contribution in [-0.4, -0.2) is 37.0 Å². The molecule has 0 radical (unpaired) electrons. The summed E-state index contributed by atoms with van der Waals surface area (Å²) in [6.45, 7) is 4.53. The zero-order valence-corrected chi connectivity index (χ0v) is 15.2. The predicted octanol–water partition coefficient (Wildman–Crippen LogP) is 3.14. The van der Waals surface area contributed by atoms with Gasteiger partial charge in [0.1, 0.15) is 5.70 Å². The van der Waals surface area contributed by atoms with Gasteiger partial charge in [0.2, 0.25) is 0 Å². The van der Waals surface area contributed by atoms with Gasteiger partial charge in [-0.05, 0) is 36.6 Å². The Hall–Kier alpha value is -2.92. The average Bonchev–Trinajstić information content (AvgIpc) is 2.88. The van der Waals surface area contributed by atoms with Gasteiger partial charge in [0.15, 0.2) is 0 Å².